The molecule has 9 nitrogen and oxygen atoms in total. The number of phenolic OH excluding ortho intramolecular Hbond substituents is 2. The molecular weight excluding hydrogens is 456 g/mol. The van der Waals surface area contributed by atoms with E-state index in [1.165, 1.54) is 25.3 Å². The van der Waals surface area contributed by atoms with Crippen LogP contribution in [0.5, 0.6) is 17.2 Å². The number of fused-ring (bicyclic) bond motifs is 3. The van der Waals surface area contributed by atoms with Gasteiger partial charge in [0.15, 0.2) is 11.6 Å². The Balaban J connectivity index is 1.70. The number of aromatic hydroxyl groups is 2. The first-order valence-corrected chi connectivity index (χ1v) is 11.4. The average molecular weight is 482 g/mol. The second-order valence-corrected chi connectivity index (χ2v) is 8.76. The van der Waals surface area contributed by atoms with Crippen LogP contribution in [0.15, 0.2) is 18.2 Å². The Hall–Kier alpha value is -3.72. The molecule has 2 aromatic rings. The first-order chi connectivity index (χ1) is 16.7. The predicted molar refractivity (Wildman–Crippen MR) is 122 cm³/mol. The summed E-state index contributed by atoms with van der Waals surface area (Å²) in [5, 5.41) is 32.8. The number of benzene rings is 2. The quantitative estimate of drug-likeness (QED) is 0.341. The minimum Gasteiger partial charge on any atom is -0.507 e. The van der Waals surface area contributed by atoms with Gasteiger partial charge in [-0.1, -0.05) is 25.5 Å². The van der Waals surface area contributed by atoms with E-state index in [9.17, 15) is 34.5 Å². The van der Waals surface area contributed by atoms with Crippen LogP contribution in [0.4, 0.5) is 0 Å². The summed E-state index contributed by atoms with van der Waals surface area (Å²) in [7, 11) is 1.34. The number of aliphatic hydroxyl groups is 1. The van der Waals surface area contributed by atoms with Crippen molar-refractivity contribution in [1.82, 2.24) is 0 Å². The Morgan fingerprint density at radius 3 is 2.46 bits per heavy atom. The van der Waals surface area contributed by atoms with Crippen molar-refractivity contribution >= 4 is 23.3 Å². The van der Waals surface area contributed by atoms with Gasteiger partial charge in [-0.3, -0.25) is 19.2 Å². The summed E-state index contributed by atoms with van der Waals surface area (Å²) in [4.78, 5) is 51.0. The predicted octanol–water partition coefficient (Wildman–Crippen LogP) is 2.78. The van der Waals surface area contributed by atoms with Gasteiger partial charge in [0.05, 0.1) is 29.9 Å². The summed E-state index contributed by atoms with van der Waals surface area (Å²) in [5.41, 5.74) is -0.881. The molecule has 35 heavy (non-hydrogen) atoms. The summed E-state index contributed by atoms with van der Waals surface area (Å²) < 4.78 is 10.2. The number of methoxy groups -OCH3 is 1. The molecule has 2 aromatic carbocycles. The van der Waals surface area contributed by atoms with Crippen LogP contribution >= 0.6 is 0 Å². The highest BCUT2D eigenvalue weighted by molar-refractivity contribution is 6.31. The molecule has 0 amide bonds. The number of ketones is 3. The van der Waals surface area contributed by atoms with Gasteiger partial charge in [-0.05, 0) is 25.3 Å². The minimum atomic E-state index is -1.39. The molecule has 0 heterocycles. The number of ether oxygens (including phenoxy) is 2. The van der Waals surface area contributed by atoms with E-state index in [4.69, 9.17) is 9.47 Å². The third kappa shape index (κ3) is 4.05. The molecule has 0 spiro atoms. The van der Waals surface area contributed by atoms with E-state index in [2.05, 4.69) is 0 Å². The molecule has 2 aliphatic carbocycles. The van der Waals surface area contributed by atoms with Crippen LogP contribution in [0.25, 0.3) is 0 Å². The zero-order valence-electron chi connectivity index (χ0n) is 19.4. The normalized spacial score (nSPS) is 18.4. The molecule has 0 aromatic heterocycles. The van der Waals surface area contributed by atoms with Crippen LogP contribution in [0.3, 0.4) is 0 Å². The highest BCUT2D eigenvalue weighted by Gasteiger charge is 2.43. The van der Waals surface area contributed by atoms with Crippen molar-refractivity contribution in [3.8, 4) is 17.2 Å². The van der Waals surface area contributed by atoms with Crippen molar-refractivity contribution in [2.75, 3.05) is 13.7 Å². The number of hydrogen-bond donors (Lipinski definition) is 3. The Morgan fingerprint density at radius 1 is 1.06 bits per heavy atom. The van der Waals surface area contributed by atoms with E-state index in [-0.39, 0.29) is 52.8 Å². The number of phenols is 2. The fraction of sp³-hybridized carbons (Fsp3) is 0.385. The monoisotopic (exact) mass is 482 g/mol. The van der Waals surface area contributed by atoms with Crippen molar-refractivity contribution < 1.29 is 44.0 Å². The molecule has 2 unspecified atom stereocenters. The molecule has 2 atom stereocenters. The third-order valence-corrected chi connectivity index (χ3v) is 6.62. The van der Waals surface area contributed by atoms with Crippen LogP contribution in [0.1, 0.15) is 81.7 Å². The lowest BCUT2D eigenvalue weighted by Crippen LogP contribution is -2.31. The van der Waals surface area contributed by atoms with Gasteiger partial charge in [0.25, 0.3) is 0 Å². The van der Waals surface area contributed by atoms with Gasteiger partial charge in [0.1, 0.15) is 23.9 Å². The van der Waals surface area contributed by atoms with E-state index in [0.29, 0.717) is 6.42 Å². The molecule has 4 rings (SSSR count). The van der Waals surface area contributed by atoms with Crippen LogP contribution < -0.4 is 4.74 Å². The minimum absolute atomic E-state index is 0.0134. The Labute approximate surface area is 201 Å². The van der Waals surface area contributed by atoms with Crippen molar-refractivity contribution in [2.24, 2.45) is 5.92 Å². The molecule has 0 aliphatic heterocycles. The smallest absolute Gasteiger partial charge is 0.306 e. The fourth-order valence-electron chi connectivity index (χ4n) is 4.81. The summed E-state index contributed by atoms with van der Waals surface area (Å²) in [5.74, 6) is -4.19. The number of rotatable bonds is 7. The number of hydrogen-bond acceptors (Lipinski definition) is 9. The SMILES string of the molecule is CCCCC(=O)OCC(=O)C1Cc2c(O)c3c(c(O)c2C(O)C1)C(=O)c1c(OC)cccc1C3=O. The summed E-state index contributed by atoms with van der Waals surface area (Å²) in [6.45, 7) is 1.45. The molecule has 9 heteroatoms. The van der Waals surface area contributed by atoms with E-state index < -0.39 is 59.0 Å². The molecule has 3 N–H and O–H groups in total. The highest BCUT2D eigenvalue weighted by atomic mass is 16.5. The standard InChI is InChI=1S/C26H26O9/c1-3-4-8-18(29)35-11-16(28)12-9-14-19(15(27)10-12)25(32)22-21(24(14)31)23(30)13-6-5-7-17(34-2)20(13)26(22)33/h5-7,12,15,27,31-32H,3-4,8-11H2,1-2H3. The van der Waals surface area contributed by atoms with Gasteiger partial charge in [-0.2, -0.15) is 0 Å². The second-order valence-electron chi connectivity index (χ2n) is 8.76. The maximum absolute atomic E-state index is 13.3. The zero-order valence-corrected chi connectivity index (χ0v) is 19.4. The topological polar surface area (TPSA) is 147 Å². The lowest BCUT2D eigenvalue weighted by Gasteiger charge is -2.32. The lowest BCUT2D eigenvalue weighted by atomic mass is 9.74. The number of Topliss-reactive ketones (excluding diaryl/α,β-unsaturated/α-hetero) is 1. The van der Waals surface area contributed by atoms with Gasteiger partial charge in [-0.25, -0.2) is 0 Å². The molecular formula is C26H26O9. The molecule has 0 saturated carbocycles. The first kappa shape index (κ1) is 24.4. The van der Waals surface area contributed by atoms with Crippen LogP contribution in [-0.4, -0.2) is 52.4 Å². The summed E-state index contributed by atoms with van der Waals surface area (Å²) >= 11 is 0. The van der Waals surface area contributed by atoms with Crippen molar-refractivity contribution in [1.29, 1.82) is 0 Å². The maximum Gasteiger partial charge on any atom is 0.306 e. The largest absolute Gasteiger partial charge is 0.507 e. The van der Waals surface area contributed by atoms with Crippen LogP contribution in [0, 0.1) is 5.92 Å². The van der Waals surface area contributed by atoms with E-state index in [1.807, 2.05) is 6.92 Å². The average Bonchev–Trinajstić information content (AvgIpc) is 2.85. The Morgan fingerprint density at radius 2 is 1.77 bits per heavy atom. The Bertz CT molecular complexity index is 1240. The van der Waals surface area contributed by atoms with Gasteiger partial charge >= 0.3 is 5.97 Å². The fourth-order valence-corrected chi connectivity index (χ4v) is 4.81. The summed E-state index contributed by atoms with van der Waals surface area (Å²) in [6.07, 6.45) is 0.0520. The first-order valence-electron chi connectivity index (χ1n) is 11.4. The Kier molecular flexibility index (Phi) is 6.62. The third-order valence-electron chi connectivity index (χ3n) is 6.62. The second kappa shape index (κ2) is 9.50. The van der Waals surface area contributed by atoms with Crippen LogP contribution in [-0.2, 0) is 20.7 Å². The van der Waals surface area contributed by atoms with Gasteiger partial charge in [-0.15, -0.1) is 0 Å². The number of esters is 1. The van der Waals surface area contributed by atoms with Crippen molar-refractivity contribution in [2.45, 2.75) is 45.1 Å². The van der Waals surface area contributed by atoms with Gasteiger partial charge in [0.2, 0.25) is 5.78 Å². The van der Waals surface area contributed by atoms with Gasteiger partial charge in [0, 0.05) is 29.0 Å². The van der Waals surface area contributed by atoms with Crippen LogP contribution in [0.2, 0.25) is 0 Å². The molecule has 2 aliphatic rings. The molecule has 184 valence electrons. The highest BCUT2D eigenvalue weighted by Crippen LogP contribution is 2.50. The molecule has 0 fully saturated rings. The molecule has 0 bridgehead atoms. The molecule has 0 radical (unpaired) electrons. The van der Waals surface area contributed by atoms with E-state index in [1.54, 1.807) is 0 Å². The lowest BCUT2D eigenvalue weighted by molar-refractivity contribution is -0.149. The number of carbonyl (C=O) groups is 4. The summed E-state index contributed by atoms with van der Waals surface area (Å²) in [6, 6.07) is 4.46. The molecule has 0 saturated heterocycles. The number of aliphatic hydroxyl groups excluding tert-OH is 1. The van der Waals surface area contributed by atoms with Gasteiger partial charge < -0.3 is 24.8 Å². The van der Waals surface area contributed by atoms with Crippen molar-refractivity contribution in [3.05, 3.63) is 51.6 Å². The van der Waals surface area contributed by atoms with Crippen molar-refractivity contribution in [3.63, 3.8) is 0 Å². The number of carbonyl (C=O) groups excluding carboxylic acids is 4. The maximum atomic E-state index is 13.3. The van der Waals surface area contributed by atoms with E-state index >= 15 is 0 Å². The van der Waals surface area contributed by atoms with E-state index in [0.717, 1.165) is 6.42 Å². The number of unbranched alkanes of at least 4 members (excludes halogenated alkanes) is 1. The zero-order chi connectivity index (χ0) is 25.4.